The van der Waals surface area contributed by atoms with E-state index < -0.39 is 0 Å². The van der Waals surface area contributed by atoms with Crippen LogP contribution in [0.25, 0.3) is 15.9 Å². The molecule has 2 heterocycles. The van der Waals surface area contributed by atoms with Gasteiger partial charge in [-0.2, -0.15) is 5.10 Å². The molecule has 6 heteroatoms. The lowest BCUT2D eigenvalue weighted by molar-refractivity contribution is -0.144. The summed E-state index contributed by atoms with van der Waals surface area (Å²) in [4.78, 5) is 16.5. The van der Waals surface area contributed by atoms with E-state index in [1.165, 1.54) is 0 Å². The minimum Gasteiger partial charge on any atom is -0.461 e. The topological polar surface area (TPSA) is 57.0 Å². The predicted molar refractivity (Wildman–Crippen MR) is 101 cm³/mol. The molecule has 0 fully saturated rings. The predicted octanol–water partition coefficient (Wildman–Crippen LogP) is 4.16. The number of ether oxygens (including phenoxy) is 1. The van der Waals surface area contributed by atoms with Gasteiger partial charge in [-0.25, -0.2) is 9.67 Å². The molecule has 0 saturated carbocycles. The van der Waals surface area contributed by atoms with Crippen LogP contribution in [0.2, 0.25) is 0 Å². The van der Waals surface area contributed by atoms with E-state index in [9.17, 15) is 4.79 Å². The third kappa shape index (κ3) is 3.81. The van der Waals surface area contributed by atoms with E-state index in [-0.39, 0.29) is 12.6 Å². The van der Waals surface area contributed by atoms with E-state index in [1.54, 1.807) is 22.2 Å². The Hall–Kier alpha value is -2.99. The maximum absolute atomic E-state index is 12.0. The van der Waals surface area contributed by atoms with Crippen molar-refractivity contribution in [3.05, 3.63) is 77.6 Å². The molecule has 0 bridgehead atoms. The second-order valence-corrected chi connectivity index (χ2v) is 6.97. The molecule has 0 aliphatic carbocycles. The van der Waals surface area contributed by atoms with Crippen molar-refractivity contribution in [3.8, 4) is 5.69 Å². The zero-order chi connectivity index (χ0) is 17.8. The normalized spacial score (nSPS) is 10.9. The summed E-state index contributed by atoms with van der Waals surface area (Å²) in [5, 5.41) is 5.15. The van der Waals surface area contributed by atoms with E-state index in [0.717, 1.165) is 26.5 Å². The number of aryl methyl sites for hydroxylation is 1. The van der Waals surface area contributed by atoms with Gasteiger partial charge in [-0.15, -0.1) is 11.3 Å². The molecule has 0 radical (unpaired) electrons. The third-order valence-corrected chi connectivity index (χ3v) is 5.08. The van der Waals surface area contributed by atoms with Crippen molar-refractivity contribution in [2.75, 3.05) is 0 Å². The third-order valence-electron chi connectivity index (χ3n) is 3.99. The van der Waals surface area contributed by atoms with Crippen molar-refractivity contribution in [2.45, 2.75) is 19.4 Å². The van der Waals surface area contributed by atoms with E-state index in [4.69, 9.17) is 4.74 Å². The first-order valence-corrected chi connectivity index (χ1v) is 9.18. The molecule has 0 amide bonds. The number of nitrogens with zero attached hydrogens (tertiary/aromatic N) is 3. The van der Waals surface area contributed by atoms with Crippen LogP contribution in [0.15, 0.2) is 67.0 Å². The molecule has 26 heavy (non-hydrogen) atoms. The number of hydrogen-bond donors (Lipinski definition) is 0. The Morgan fingerprint density at radius 1 is 1.08 bits per heavy atom. The van der Waals surface area contributed by atoms with Crippen LogP contribution >= 0.6 is 11.3 Å². The van der Waals surface area contributed by atoms with Crippen LogP contribution in [0, 0.1) is 0 Å². The maximum atomic E-state index is 12.0. The highest BCUT2D eigenvalue weighted by atomic mass is 32.1. The molecule has 0 unspecified atom stereocenters. The molecule has 0 saturated heterocycles. The van der Waals surface area contributed by atoms with Crippen LogP contribution in [-0.2, 0) is 22.6 Å². The van der Waals surface area contributed by atoms with Crippen LogP contribution in [0.3, 0.4) is 0 Å². The highest BCUT2D eigenvalue weighted by Gasteiger charge is 2.08. The van der Waals surface area contributed by atoms with Gasteiger partial charge in [-0.05, 0) is 35.9 Å². The van der Waals surface area contributed by atoms with Gasteiger partial charge in [0.2, 0.25) is 0 Å². The van der Waals surface area contributed by atoms with Gasteiger partial charge < -0.3 is 4.74 Å². The number of aromatic nitrogens is 3. The Balaban J connectivity index is 1.28. The SMILES string of the molecule is O=C(CCc1nc2ccccc2s1)OCc1ccc(-n2cccn2)cc1. The molecular weight excluding hydrogens is 346 g/mol. The number of benzene rings is 2. The summed E-state index contributed by atoms with van der Waals surface area (Å²) in [7, 11) is 0. The van der Waals surface area contributed by atoms with Gasteiger partial charge in [-0.3, -0.25) is 4.79 Å². The molecule has 4 aromatic rings. The molecule has 0 atom stereocenters. The molecule has 0 aliphatic rings. The zero-order valence-corrected chi connectivity index (χ0v) is 14.9. The minimum absolute atomic E-state index is 0.208. The summed E-state index contributed by atoms with van der Waals surface area (Å²) in [5.74, 6) is -0.208. The van der Waals surface area contributed by atoms with Gasteiger partial charge in [0.15, 0.2) is 0 Å². The van der Waals surface area contributed by atoms with E-state index in [2.05, 4.69) is 10.1 Å². The van der Waals surface area contributed by atoms with Crippen LogP contribution in [0.4, 0.5) is 0 Å². The number of esters is 1. The van der Waals surface area contributed by atoms with Gasteiger partial charge in [0.05, 0.1) is 27.3 Å². The summed E-state index contributed by atoms with van der Waals surface area (Å²) < 4.78 is 8.30. The van der Waals surface area contributed by atoms with Gasteiger partial charge in [-0.1, -0.05) is 24.3 Å². The Kier molecular flexibility index (Phi) is 4.75. The highest BCUT2D eigenvalue weighted by Crippen LogP contribution is 2.22. The largest absolute Gasteiger partial charge is 0.461 e. The summed E-state index contributed by atoms with van der Waals surface area (Å²) in [6.07, 6.45) is 4.57. The lowest BCUT2D eigenvalue weighted by atomic mass is 10.2. The number of thiazole rings is 1. The highest BCUT2D eigenvalue weighted by molar-refractivity contribution is 7.18. The minimum atomic E-state index is -0.208. The first kappa shape index (κ1) is 16.5. The van der Waals surface area contributed by atoms with Gasteiger partial charge in [0.1, 0.15) is 6.61 Å². The Bertz CT molecular complexity index is 974. The molecule has 4 rings (SSSR count). The van der Waals surface area contributed by atoms with Crippen LogP contribution in [-0.4, -0.2) is 20.7 Å². The van der Waals surface area contributed by atoms with Gasteiger partial charge >= 0.3 is 5.97 Å². The smallest absolute Gasteiger partial charge is 0.306 e. The van der Waals surface area contributed by atoms with E-state index >= 15 is 0 Å². The Morgan fingerprint density at radius 2 is 1.92 bits per heavy atom. The fourth-order valence-electron chi connectivity index (χ4n) is 2.64. The number of carbonyl (C=O) groups is 1. The lowest BCUT2D eigenvalue weighted by Gasteiger charge is -2.06. The fourth-order valence-corrected chi connectivity index (χ4v) is 3.61. The van der Waals surface area contributed by atoms with Crippen molar-refractivity contribution in [1.82, 2.24) is 14.8 Å². The Morgan fingerprint density at radius 3 is 2.69 bits per heavy atom. The standard InChI is InChI=1S/C20H17N3O2S/c24-20(11-10-19-22-17-4-1-2-5-18(17)26-19)25-14-15-6-8-16(9-7-15)23-13-3-12-21-23/h1-9,12-13H,10-11,14H2. The quantitative estimate of drug-likeness (QED) is 0.483. The second kappa shape index (κ2) is 7.49. The van der Waals surface area contributed by atoms with Crippen LogP contribution in [0.5, 0.6) is 0 Å². The van der Waals surface area contributed by atoms with Crippen molar-refractivity contribution in [2.24, 2.45) is 0 Å². The number of hydrogen-bond acceptors (Lipinski definition) is 5. The van der Waals surface area contributed by atoms with Crippen LogP contribution < -0.4 is 0 Å². The zero-order valence-electron chi connectivity index (χ0n) is 14.0. The monoisotopic (exact) mass is 363 g/mol. The van der Waals surface area contributed by atoms with Crippen molar-refractivity contribution >= 4 is 27.5 Å². The first-order valence-electron chi connectivity index (χ1n) is 8.37. The molecule has 0 N–H and O–H groups in total. The maximum Gasteiger partial charge on any atom is 0.306 e. The molecule has 2 aromatic carbocycles. The molecule has 0 aliphatic heterocycles. The summed E-state index contributed by atoms with van der Waals surface area (Å²) >= 11 is 1.63. The molecule has 5 nitrogen and oxygen atoms in total. The second-order valence-electron chi connectivity index (χ2n) is 5.85. The Labute approximate surface area is 154 Å². The van der Waals surface area contributed by atoms with E-state index in [1.807, 2.05) is 60.8 Å². The lowest BCUT2D eigenvalue weighted by Crippen LogP contribution is -2.06. The summed E-state index contributed by atoms with van der Waals surface area (Å²) in [5.41, 5.74) is 2.91. The molecule has 130 valence electrons. The summed E-state index contributed by atoms with van der Waals surface area (Å²) in [6, 6.07) is 17.7. The molecule has 2 aromatic heterocycles. The van der Waals surface area contributed by atoms with Crippen LogP contribution in [0.1, 0.15) is 17.0 Å². The first-order chi connectivity index (χ1) is 12.8. The molecule has 0 spiro atoms. The van der Waals surface area contributed by atoms with Crippen molar-refractivity contribution in [1.29, 1.82) is 0 Å². The van der Waals surface area contributed by atoms with Crippen molar-refractivity contribution < 1.29 is 9.53 Å². The molecular formula is C20H17N3O2S. The van der Waals surface area contributed by atoms with E-state index in [0.29, 0.717) is 12.8 Å². The number of para-hydroxylation sites is 1. The number of carbonyl (C=O) groups excluding carboxylic acids is 1. The van der Waals surface area contributed by atoms with Crippen molar-refractivity contribution in [3.63, 3.8) is 0 Å². The number of fused-ring (bicyclic) bond motifs is 1. The number of rotatable bonds is 6. The average molecular weight is 363 g/mol. The average Bonchev–Trinajstić information content (AvgIpc) is 3.34. The summed E-state index contributed by atoms with van der Waals surface area (Å²) in [6.45, 7) is 0.276. The van der Waals surface area contributed by atoms with Gasteiger partial charge in [0.25, 0.3) is 0 Å². The van der Waals surface area contributed by atoms with Gasteiger partial charge in [0, 0.05) is 18.8 Å². The fraction of sp³-hybridized carbons (Fsp3) is 0.150.